The van der Waals surface area contributed by atoms with Gasteiger partial charge in [-0.15, -0.1) is 0 Å². The molecule has 28 heavy (non-hydrogen) atoms. The first kappa shape index (κ1) is 21.8. The molecule has 2 aromatic rings. The average molecular weight is 403 g/mol. The summed E-state index contributed by atoms with van der Waals surface area (Å²) in [6.45, 7) is 7.65. The summed E-state index contributed by atoms with van der Waals surface area (Å²) >= 11 is 5.96. The number of amides is 2. The highest BCUT2D eigenvalue weighted by molar-refractivity contribution is 6.30. The average Bonchev–Trinajstić information content (AvgIpc) is 2.64. The van der Waals surface area contributed by atoms with E-state index in [4.69, 9.17) is 16.3 Å². The Hall–Kier alpha value is -2.53. The van der Waals surface area contributed by atoms with Crippen LogP contribution >= 0.6 is 11.6 Å². The predicted octanol–water partition coefficient (Wildman–Crippen LogP) is 3.97. The first-order valence-corrected chi connectivity index (χ1v) is 9.68. The molecule has 2 aromatic carbocycles. The molecule has 0 aliphatic heterocycles. The van der Waals surface area contributed by atoms with Gasteiger partial charge in [0.1, 0.15) is 11.8 Å². The molecule has 0 saturated carbocycles. The van der Waals surface area contributed by atoms with Gasteiger partial charge >= 0.3 is 0 Å². The number of halogens is 1. The molecule has 0 spiro atoms. The Morgan fingerprint density at radius 3 is 2.46 bits per heavy atom. The van der Waals surface area contributed by atoms with Crippen molar-refractivity contribution in [3.63, 3.8) is 0 Å². The number of benzene rings is 2. The molecule has 0 bridgehead atoms. The van der Waals surface area contributed by atoms with Crippen LogP contribution in [0.5, 0.6) is 5.75 Å². The van der Waals surface area contributed by atoms with Gasteiger partial charge in [0.15, 0.2) is 6.61 Å². The van der Waals surface area contributed by atoms with Gasteiger partial charge in [-0.1, -0.05) is 41.9 Å². The second-order valence-corrected chi connectivity index (χ2v) is 7.47. The van der Waals surface area contributed by atoms with Crippen LogP contribution in [0.1, 0.15) is 31.9 Å². The Morgan fingerprint density at radius 2 is 1.82 bits per heavy atom. The molecule has 0 aromatic heterocycles. The lowest BCUT2D eigenvalue weighted by molar-refractivity contribution is -0.142. The van der Waals surface area contributed by atoms with Crippen molar-refractivity contribution in [3.05, 3.63) is 64.7 Å². The zero-order valence-electron chi connectivity index (χ0n) is 16.7. The van der Waals surface area contributed by atoms with Crippen molar-refractivity contribution in [2.75, 3.05) is 6.61 Å². The Morgan fingerprint density at radius 1 is 1.11 bits per heavy atom. The normalized spacial score (nSPS) is 11.8. The van der Waals surface area contributed by atoms with E-state index in [0.717, 1.165) is 11.1 Å². The van der Waals surface area contributed by atoms with Crippen molar-refractivity contribution in [2.45, 2.75) is 46.3 Å². The number of rotatable bonds is 8. The second kappa shape index (κ2) is 10.1. The molecule has 0 saturated heterocycles. The van der Waals surface area contributed by atoms with E-state index in [1.165, 1.54) is 0 Å². The van der Waals surface area contributed by atoms with E-state index in [9.17, 15) is 9.59 Å². The molecule has 1 atom stereocenters. The van der Waals surface area contributed by atoms with Gasteiger partial charge in [-0.05, 0) is 57.0 Å². The van der Waals surface area contributed by atoms with Crippen molar-refractivity contribution in [2.24, 2.45) is 0 Å². The first-order valence-electron chi connectivity index (χ1n) is 9.30. The molecule has 0 heterocycles. The third-order valence-electron chi connectivity index (χ3n) is 4.36. The zero-order valence-corrected chi connectivity index (χ0v) is 17.5. The van der Waals surface area contributed by atoms with Gasteiger partial charge in [-0.2, -0.15) is 0 Å². The van der Waals surface area contributed by atoms with Crippen LogP contribution in [0, 0.1) is 6.92 Å². The molecule has 0 unspecified atom stereocenters. The number of carbonyl (C=O) groups is 2. The van der Waals surface area contributed by atoms with Gasteiger partial charge in [0.25, 0.3) is 5.91 Å². The van der Waals surface area contributed by atoms with Crippen molar-refractivity contribution in [1.29, 1.82) is 0 Å². The Balaban J connectivity index is 2.17. The van der Waals surface area contributed by atoms with E-state index in [1.54, 1.807) is 36.1 Å². The summed E-state index contributed by atoms with van der Waals surface area (Å²) in [4.78, 5) is 27.0. The first-order chi connectivity index (χ1) is 13.3. The van der Waals surface area contributed by atoms with E-state index in [2.05, 4.69) is 5.32 Å². The van der Waals surface area contributed by atoms with Crippen LogP contribution in [0.3, 0.4) is 0 Å². The SMILES string of the molecule is Cc1ccccc1CN(C(=O)COc1cccc(Cl)c1)[C@H](C)C(=O)NC(C)C. The molecule has 0 fully saturated rings. The van der Waals surface area contributed by atoms with Gasteiger partial charge in [0.05, 0.1) is 0 Å². The van der Waals surface area contributed by atoms with Crippen LogP contribution in [-0.4, -0.2) is 35.4 Å². The Labute approximate surface area is 171 Å². The van der Waals surface area contributed by atoms with Crippen molar-refractivity contribution in [3.8, 4) is 5.75 Å². The van der Waals surface area contributed by atoms with E-state index >= 15 is 0 Å². The number of ether oxygens (including phenoxy) is 1. The lowest BCUT2D eigenvalue weighted by atomic mass is 10.1. The number of aryl methyl sites for hydroxylation is 1. The quantitative estimate of drug-likeness (QED) is 0.726. The van der Waals surface area contributed by atoms with Crippen LogP contribution in [0.25, 0.3) is 0 Å². The fraction of sp³-hybridized carbons (Fsp3) is 0.364. The maximum atomic E-state index is 12.9. The zero-order chi connectivity index (χ0) is 20.7. The molecule has 0 radical (unpaired) electrons. The summed E-state index contributed by atoms with van der Waals surface area (Å²) in [5, 5.41) is 3.40. The highest BCUT2D eigenvalue weighted by Gasteiger charge is 2.27. The van der Waals surface area contributed by atoms with Crippen LogP contribution in [0.15, 0.2) is 48.5 Å². The van der Waals surface area contributed by atoms with E-state index in [0.29, 0.717) is 17.3 Å². The fourth-order valence-electron chi connectivity index (χ4n) is 2.74. The maximum absolute atomic E-state index is 12.9. The number of nitrogens with one attached hydrogen (secondary N) is 1. The number of nitrogens with zero attached hydrogens (tertiary/aromatic N) is 1. The highest BCUT2D eigenvalue weighted by Crippen LogP contribution is 2.18. The summed E-state index contributed by atoms with van der Waals surface area (Å²) in [5.74, 6) is 0.0466. The Kier molecular flexibility index (Phi) is 7.88. The molecule has 2 amide bonds. The van der Waals surface area contributed by atoms with Crippen LogP contribution < -0.4 is 10.1 Å². The van der Waals surface area contributed by atoms with Crippen molar-refractivity contribution in [1.82, 2.24) is 10.2 Å². The maximum Gasteiger partial charge on any atom is 0.261 e. The third kappa shape index (κ3) is 6.27. The molecular weight excluding hydrogens is 376 g/mol. The minimum atomic E-state index is -0.627. The van der Waals surface area contributed by atoms with Crippen molar-refractivity contribution < 1.29 is 14.3 Å². The Bertz CT molecular complexity index is 823. The van der Waals surface area contributed by atoms with Crippen molar-refractivity contribution >= 4 is 23.4 Å². The van der Waals surface area contributed by atoms with Gasteiger partial charge in [0.2, 0.25) is 5.91 Å². The summed E-state index contributed by atoms with van der Waals surface area (Å²) in [6, 6.07) is 14.1. The molecule has 150 valence electrons. The van der Waals surface area contributed by atoms with E-state index in [-0.39, 0.29) is 24.5 Å². The molecule has 6 heteroatoms. The van der Waals surface area contributed by atoms with E-state index in [1.807, 2.05) is 45.0 Å². The number of hydrogen-bond acceptors (Lipinski definition) is 3. The standard InChI is InChI=1S/C22H27ClN2O3/c1-15(2)24-22(27)17(4)25(13-18-9-6-5-8-16(18)3)21(26)14-28-20-11-7-10-19(23)12-20/h5-12,15,17H,13-14H2,1-4H3,(H,24,27)/t17-/m1/s1. The van der Waals surface area contributed by atoms with Gasteiger partial charge in [-0.25, -0.2) is 0 Å². The monoisotopic (exact) mass is 402 g/mol. The second-order valence-electron chi connectivity index (χ2n) is 7.03. The molecule has 1 N–H and O–H groups in total. The molecule has 0 aliphatic rings. The van der Waals surface area contributed by atoms with Crippen LogP contribution in [0.2, 0.25) is 5.02 Å². The molecular formula is C22H27ClN2O3. The number of hydrogen-bond donors (Lipinski definition) is 1. The lowest BCUT2D eigenvalue weighted by Crippen LogP contribution is -2.50. The molecule has 0 aliphatic carbocycles. The van der Waals surface area contributed by atoms with E-state index < -0.39 is 6.04 Å². The number of carbonyl (C=O) groups excluding carboxylic acids is 2. The topological polar surface area (TPSA) is 58.6 Å². The van der Waals surface area contributed by atoms with Crippen LogP contribution in [-0.2, 0) is 16.1 Å². The third-order valence-corrected chi connectivity index (χ3v) is 4.59. The van der Waals surface area contributed by atoms with Crippen LogP contribution in [0.4, 0.5) is 0 Å². The smallest absolute Gasteiger partial charge is 0.261 e. The highest BCUT2D eigenvalue weighted by atomic mass is 35.5. The summed E-state index contributed by atoms with van der Waals surface area (Å²) in [6.07, 6.45) is 0. The molecule has 2 rings (SSSR count). The summed E-state index contributed by atoms with van der Waals surface area (Å²) < 4.78 is 5.60. The van der Waals surface area contributed by atoms with Gasteiger partial charge in [-0.3, -0.25) is 9.59 Å². The molecule has 5 nitrogen and oxygen atoms in total. The lowest BCUT2D eigenvalue weighted by Gasteiger charge is -2.29. The summed E-state index contributed by atoms with van der Waals surface area (Å²) in [5.41, 5.74) is 2.05. The fourth-order valence-corrected chi connectivity index (χ4v) is 2.92. The van der Waals surface area contributed by atoms with Gasteiger partial charge in [0, 0.05) is 17.6 Å². The predicted molar refractivity (Wildman–Crippen MR) is 111 cm³/mol. The summed E-state index contributed by atoms with van der Waals surface area (Å²) in [7, 11) is 0. The largest absolute Gasteiger partial charge is 0.484 e. The minimum Gasteiger partial charge on any atom is -0.484 e. The van der Waals surface area contributed by atoms with Gasteiger partial charge < -0.3 is 15.0 Å². The minimum absolute atomic E-state index is 0.00641.